The fourth-order valence-corrected chi connectivity index (χ4v) is 3.31. The van der Waals surface area contributed by atoms with Crippen LogP contribution in [0.3, 0.4) is 0 Å². The minimum Gasteiger partial charge on any atom is -0.356 e. The van der Waals surface area contributed by atoms with E-state index in [2.05, 4.69) is 54.1 Å². The van der Waals surface area contributed by atoms with Crippen LogP contribution in [0.1, 0.15) is 16.7 Å². The minimum absolute atomic E-state index is 0. The molecule has 7 heteroatoms. The van der Waals surface area contributed by atoms with E-state index in [9.17, 15) is 4.79 Å². The number of rotatable bonds is 8. The Balaban J connectivity index is 0.00000420. The fraction of sp³-hybridized carbons (Fsp3) is 0.364. The van der Waals surface area contributed by atoms with E-state index >= 15 is 0 Å². The molecule has 0 aromatic heterocycles. The Labute approximate surface area is 195 Å². The standard InChI is InChI=1S/C22H30N4OS.HI/c1-17-10-11-19(20(14-17)28-4)15-24-22(25-16-21(27)26(2)3)23-13-12-18-8-6-5-7-9-18;/h5-11,14H,12-13,15-16H2,1-4H3,(H2,23,24,25);1H. The Morgan fingerprint density at radius 3 is 2.48 bits per heavy atom. The first-order valence-electron chi connectivity index (χ1n) is 9.39. The molecule has 0 unspecified atom stereocenters. The molecule has 2 rings (SSSR count). The van der Waals surface area contributed by atoms with Crippen molar-refractivity contribution in [3.05, 3.63) is 65.2 Å². The summed E-state index contributed by atoms with van der Waals surface area (Å²) in [6, 6.07) is 16.7. The molecule has 1 amide bonds. The first-order chi connectivity index (χ1) is 13.5. The Hall–Kier alpha value is -1.74. The Kier molecular flexibility index (Phi) is 11.8. The van der Waals surface area contributed by atoms with Gasteiger partial charge in [-0.1, -0.05) is 42.5 Å². The number of hydrogen-bond donors (Lipinski definition) is 2. The Morgan fingerprint density at radius 1 is 1.10 bits per heavy atom. The highest BCUT2D eigenvalue weighted by Crippen LogP contribution is 2.22. The maximum atomic E-state index is 11.9. The SMILES string of the molecule is CSc1cc(C)ccc1CN=C(NCCc1ccccc1)NCC(=O)N(C)C.I. The number of amides is 1. The van der Waals surface area contributed by atoms with Crippen molar-refractivity contribution >= 4 is 47.6 Å². The molecule has 0 bridgehead atoms. The first-order valence-corrected chi connectivity index (χ1v) is 10.6. The summed E-state index contributed by atoms with van der Waals surface area (Å²) in [4.78, 5) is 19.4. The summed E-state index contributed by atoms with van der Waals surface area (Å²) in [7, 11) is 3.50. The van der Waals surface area contributed by atoms with Crippen molar-refractivity contribution in [2.24, 2.45) is 4.99 Å². The normalized spacial score (nSPS) is 10.8. The second-order valence-corrected chi connectivity index (χ2v) is 7.63. The van der Waals surface area contributed by atoms with E-state index in [1.807, 2.05) is 18.2 Å². The van der Waals surface area contributed by atoms with Crippen LogP contribution in [-0.2, 0) is 17.8 Å². The molecule has 0 atom stereocenters. The number of hydrogen-bond acceptors (Lipinski definition) is 3. The summed E-state index contributed by atoms with van der Waals surface area (Å²) >= 11 is 1.73. The molecule has 0 heterocycles. The van der Waals surface area contributed by atoms with Crippen LogP contribution in [-0.4, -0.2) is 50.2 Å². The first kappa shape index (κ1) is 25.3. The van der Waals surface area contributed by atoms with E-state index < -0.39 is 0 Å². The zero-order valence-corrected chi connectivity index (χ0v) is 20.7. The van der Waals surface area contributed by atoms with E-state index in [-0.39, 0.29) is 36.4 Å². The molecule has 0 fully saturated rings. The number of guanidine groups is 1. The van der Waals surface area contributed by atoms with Crippen molar-refractivity contribution < 1.29 is 4.79 Å². The van der Waals surface area contributed by atoms with Gasteiger partial charge in [0.2, 0.25) is 5.91 Å². The monoisotopic (exact) mass is 526 g/mol. The fourth-order valence-electron chi connectivity index (χ4n) is 2.61. The van der Waals surface area contributed by atoms with Gasteiger partial charge in [0.05, 0.1) is 13.1 Å². The van der Waals surface area contributed by atoms with E-state index in [0.717, 1.165) is 13.0 Å². The van der Waals surface area contributed by atoms with Gasteiger partial charge in [0, 0.05) is 25.5 Å². The number of thioether (sulfide) groups is 1. The van der Waals surface area contributed by atoms with Gasteiger partial charge >= 0.3 is 0 Å². The largest absolute Gasteiger partial charge is 0.356 e. The van der Waals surface area contributed by atoms with E-state index in [1.165, 1.54) is 21.6 Å². The molecule has 0 spiro atoms. The maximum Gasteiger partial charge on any atom is 0.241 e. The summed E-state index contributed by atoms with van der Waals surface area (Å²) < 4.78 is 0. The lowest BCUT2D eigenvalue weighted by molar-refractivity contribution is -0.127. The highest BCUT2D eigenvalue weighted by atomic mass is 127. The number of nitrogens with zero attached hydrogens (tertiary/aromatic N) is 2. The molecule has 29 heavy (non-hydrogen) atoms. The summed E-state index contributed by atoms with van der Waals surface area (Å²) in [5.41, 5.74) is 3.69. The number of nitrogens with one attached hydrogen (secondary N) is 2. The lowest BCUT2D eigenvalue weighted by Gasteiger charge is -2.15. The van der Waals surface area contributed by atoms with Crippen molar-refractivity contribution in [3.63, 3.8) is 0 Å². The van der Waals surface area contributed by atoms with Gasteiger partial charge in [-0.2, -0.15) is 0 Å². The predicted octanol–water partition coefficient (Wildman–Crippen LogP) is 3.70. The molecular formula is C22H31IN4OS. The third-order valence-electron chi connectivity index (χ3n) is 4.30. The van der Waals surface area contributed by atoms with Crippen LogP contribution in [0.15, 0.2) is 58.4 Å². The van der Waals surface area contributed by atoms with Crippen LogP contribution < -0.4 is 10.6 Å². The van der Waals surface area contributed by atoms with Gasteiger partial charge in [-0.25, -0.2) is 4.99 Å². The highest BCUT2D eigenvalue weighted by molar-refractivity contribution is 14.0. The van der Waals surface area contributed by atoms with Crippen LogP contribution in [0.4, 0.5) is 0 Å². The van der Waals surface area contributed by atoms with Gasteiger partial charge in [0.1, 0.15) is 0 Å². The molecule has 2 aromatic rings. The molecule has 0 aliphatic carbocycles. The number of likely N-dealkylation sites (N-methyl/N-ethyl adjacent to an activating group) is 1. The van der Waals surface area contributed by atoms with Gasteiger partial charge < -0.3 is 15.5 Å². The van der Waals surface area contributed by atoms with Gasteiger partial charge in [-0.3, -0.25) is 4.79 Å². The minimum atomic E-state index is 0. The van der Waals surface area contributed by atoms with Crippen LogP contribution >= 0.6 is 35.7 Å². The van der Waals surface area contributed by atoms with Crippen LogP contribution in [0.5, 0.6) is 0 Å². The summed E-state index contributed by atoms with van der Waals surface area (Å²) in [5.74, 6) is 0.663. The predicted molar refractivity (Wildman–Crippen MR) is 134 cm³/mol. The van der Waals surface area contributed by atoms with Crippen molar-refractivity contribution in [1.29, 1.82) is 0 Å². The molecule has 0 aliphatic heterocycles. The molecule has 5 nitrogen and oxygen atoms in total. The summed E-state index contributed by atoms with van der Waals surface area (Å²) in [6.45, 7) is 3.62. The quantitative estimate of drug-likeness (QED) is 0.239. The smallest absolute Gasteiger partial charge is 0.241 e. The molecule has 2 aromatic carbocycles. The van der Waals surface area contributed by atoms with Crippen molar-refractivity contribution in [2.45, 2.75) is 24.8 Å². The van der Waals surface area contributed by atoms with Gasteiger partial charge in [-0.05, 0) is 42.4 Å². The molecule has 0 radical (unpaired) electrons. The average molecular weight is 526 g/mol. The number of aryl methyl sites for hydroxylation is 1. The third kappa shape index (κ3) is 9.08. The van der Waals surface area contributed by atoms with Gasteiger partial charge in [0.25, 0.3) is 0 Å². The zero-order valence-electron chi connectivity index (χ0n) is 17.6. The molecule has 0 saturated heterocycles. The summed E-state index contributed by atoms with van der Waals surface area (Å²) in [6.07, 6.45) is 2.97. The third-order valence-corrected chi connectivity index (χ3v) is 5.12. The maximum absolute atomic E-state index is 11.9. The second-order valence-electron chi connectivity index (χ2n) is 6.78. The average Bonchev–Trinajstić information content (AvgIpc) is 2.70. The molecule has 2 N–H and O–H groups in total. The van der Waals surface area contributed by atoms with Crippen molar-refractivity contribution in [2.75, 3.05) is 33.4 Å². The van der Waals surface area contributed by atoms with Gasteiger partial charge in [0.15, 0.2) is 5.96 Å². The molecule has 0 aliphatic rings. The van der Waals surface area contributed by atoms with E-state index in [1.54, 1.807) is 30.8 Å². The molecular weight excluding hydrogens is 495 g/mol. The van der Waals surface area contributed by atoms with Crippen LogP contribution in [0.2, 0.25) is 0 Å². The van der Waals surface area contributed by atoms with E-state index in [4.69, 9.17) is 4.99 Å². The summed E-state index contributed by atoms with van der Waals surface area (Å²) in [5, 5.41) is 6.49. The van der Waals surface area contributed by atoms with Crippen molar-refractivity contribution in [3.8, 4) is 0 Å². The second kappa shape index (κ2) is 13.5. The lowest BCUT2D eigenvalue weighted by atomic mass is 10.1. The number of benzene rings is 2. The zero-order chi connectivity index (χ0) is 20.4. The van der Waals surface area contributed by atoms with Crippen molar-refractivity contribution in [1.82, 2.24) is 15.5 Å². The Morgan fingerprint density at radius 2 is 1.83 bits per heavy atom. The lowest BCUT2D eigenvalue weighted by Crippen LogP contribution is -2.43. The molecule has 158 valence electrons. The van der Waals surface area contributed by atoms with Crippen LogP contribution in [0.25, 0.3) is 0 Å². The number of carbonyl (C=O) groups excluding carboxylic acids is 1. The number of carbonyl (C=O) groups is 1. The highest BCUT2D eigenvalue weighted by Gasteiger charge is 2.07. The van der Waals surface area contributed by atoms with E-state index in [0.29, 0.717) is 12.5 Å². The number of halogens is 1. The van der Waals surface area contributed by atoms with Gasteiger partial charge in [-0.15, -0.1) is 35.7 Å². The molecule has 0 saturated carbocycles. The number of aliphatic imine (C=N–C) groups is 1. The van der Waals surface area contributed by atoms with Crippen LogP contribution in [0, 0.1) is 6.92 Å². The Bertz CT molecular complexity index is 797. The topological polar surface area (TPSA) is 56.7 Å².